The van der Waals surface area contributed by atoms with Crippen molar-refractivity contribution in [2.24, 2.45) is 5.92 Å². The average molecular weight is 402 g/mol. The number of aromatic amines is 1. The van der Waals surface area contributed by atoms with Crippen LogP contribution in [0.3, 0.4) is 0 Å². The molecule has 0 saturated carbocycles. The molecule has 2 amide bonds. The normalized spacial score (nSPS) is 19.1. The highest BCUT2D eigenvalue weighted by Crippen LogP contribution is 2.35. The fourth-order valence-corrected chi connectivity index (χ4v) is 5.12. The van der Waals surface area contributed by atoms with Crippen molar-refractivity contribution in [3.63, 3.8) is 0 Å². The summed E-state index contributed by atoms with van der Waals surface area (Å²) in [5.74, 6) is -0.0916. The molecule has 5 heteroatoms. The Bertz CT molecular complexity index is 1130. The minimum Gasteiger partial charge on any atom is -0.356 e. The van der Waals surface area contributed by atoms with Gasteiger partial charge in [-0.15, -0.1) is 0 Å². The van der Waals surface area contributed by atoms with Crippen LogP contribution in [0.4, 0.5) is 0 Å². The Balaban J connectivity index is 1.41. The summed E-state index contributed by atoms with van der Waals surface area (Å²) in [6.07, 6.45) is 2.98. The predicted molar refractivity (Wildman–Crippen MR) is 117 cm³/mol. The van der Waals surface area contributed by atoms with Crippen LogP contribution in [0.15, 0.2) is 48.5 Å². The van der Waals surface area contributed by atoms with Crippen LogP contribution in [0.25, 0.3) is 10.9 Å². The van der Waals surface area contributed by atoms with Crippen LogP contribution < -0.4 is 5.32 Å². The number of hydrogen-bond acceptors (Lipinski definition) is 2. The van der Waals surface area contributed by atoms with Crippen molar-refractivity contribution in [2.75, 3.05) is 0 Å². The highest BCUT2D eigenvalue weighted by atomic mass is 16.2. The van der Waals surface area contributed by atoms with Crippen molar-refractivity contribution in [1.29, 1.82) is 0 Å². The lowest BCUT2D eigenvalue weighted by molar-refractivity contribution is -0.128. The van der Waals surface area contributed by atoms with Gasteiger partial charge in [-0.25, -0.2) is 0 Å². The first-order chi connectivity index (χ1) is 14.5. The summed E-state index contributed by atoms with van der Waals surface area (Å²) in [5.41, 5.74) is 5.26. The maximum atomic E-state index is 13.4. The van der Waals surface area contributed by atoms with E-state index < -0.39 is 6.04 Å². The van der Waals surface area contributed by atoms with E-state index in [0.717, 1.165) is 36.0 Å². The Morgan fingerprint density at radius 3 is 2.70 bits per heavy atom. The number of aryl methyl sites for hydroxylation is 1. The summed E-state index contributed by atoms with van der Waals surface area (Å²) >= 11 is 0. The van der Waals surface area contributed by atoms with Crippen molar-refractivity contribution in [1.82, 2.24) is 15.2 Å². The van der Waals surface area contributed by atoms with Gasteiger partial charge in [0.1, 0.15) is 6.04 Å². The molecule has 2 heterocycles. The van der Waals surface area contributed by atoms with Crippen LogP contribution in [0.1, 0.15) is 59.9 Å². The van der Waals surface area contributed by atoms with Crippen LogP contribution in [-0.2, 0) is 17.8 Å². The molecule has 2 aliphatic rings. The van der Waals surface area contributed by atoms with Crippen molar-refractivity contribution in [3.05, 3.63) is 70.9 Å². The van der Waals surface area contributed by atoms with E-state index in [2.05, 4.69) is 28.5 Å². The lowest BCUT2D eigenvalue weighted by atomic mass is 9.91. The van der Waals surface area contributed by atoms with Gasteiger partial charge in [0.25, 0.3) is 5.91 Å². The third kappa shape index (κ3) is 3.00. The zero-order valence-corrected chi connectivity index (χ0v) is 17.4. The van der Waals surface area contributed by atoms with E-state index in [1.165, 1.54) is 10.9 Å². The van der Waals surface area contributed by atoms with Crippen LogP contribution in [0.2, 0.25) is 0 Å². The first-order valence-electron chi connectivity index (χ1n) is 10.8. The number of carbonyl (C=O) groups excluding carboxylic acids is 2. The summed E-state index contributed by atoms with van der Waals surface area (Å²) < 4.78 is 0. The van der Waals surface area contributed by atoms with Gasteiger partial charge >= 0.3 is 0 Å². The fourth-order valence-electron chi connectivity index (χ4n) is 5.12. The third-order valence-corrected chi connectivity index (χ3v) is 6.52. The van der Waals surface area contributed by atoms with E-state index in [4.69, 9.17) is 0 Å². The van der Waals surface area contributed by atoms with E-state index in [9.17, 15) is 9.59 Å². The molecule has 0 radical (unpaired) electrons. The molecule has 2 aromatic carbocycles. The number of nitrogens with zero attached hydrogens (tertiary/aromatic N) is 1. The van der Waals surface area contributed by atoms with E-state index in [-0.39, 0.29) is 23.8 Å². The molecule has 0 saturated heterocycles. The van der Waals surface area contributed by atoms with Crippen molar-refractivity contribution < 1.29 is 9.59 Å². The largest absolute Gasteiger partial charge is 0.356 e. The Kier molecular flexibility index (Phi) is 4.61. The quantitative estimate of drug-likeness (QED) is 0.683. The Labute approximate surface area is 176 Å². The predicted octanol–water partition coefficient (Wildman–Crippen LogP) is 4.34. The molecule has 5 nitrogen and oxygen atoms in total. The van der Waals surface area contributed by atoms with E-state index >= 15 is 0 Å². The number of rotatable bonds is 4. The Morgan fingerprint density at radius 1 is 1.13 bits per heavy atom. The molecule has 1 aliphatic heterocycles. The number of H-pyrrole nitrogens is 1. The molecular weight excluding hydrogens is 374 g/mol. The second-order valence-corrected chi connectivity index (χ2v) is 8.80. The number of fused-ring (bicyclic) bond motifs is 4. The summed E-state index contributed by atoms with van der Waals surface area (Å²) in [4.78, 5) is 31.7. The molecule has 154 valence electrons. The first kappa shape index (κ1) is 18.9. The first-order valence-corrected chi connectivity index (χ1v) is 10.8. The molecule has 0 spiro atoms. The maximum Gasteiger partial charge on any atom is 0.255 e. The number of amides is 2. The molecular formula is C25H27N3O2. The summed E-state index contributed by atoms with van der Waals surface area (Å²) in [7, 11) is 0. The Hall–Kier alpha value is -3.08. The average Bonchev–Trinajstić information content (AvgIpc) is 3.27. The minimum atomic E-state index is -0.486. The van der Waals surface area contributed by atoms with Crippen LogP contribution in [0.5, 0.6) is 0 Å². The monoisotopic (exact) mass is 401 g/mol. The molecule has 1 aliphatic carbocycles. The highest BCUT2D eigenvalue weighted by molar-refractivity contribution is 6.01. The van der Waals surface area contributed by atoms with Crippen molar-refractivity contribution in [2.45, 2.75) is 51.7 Å². The van der Waals surface area contributed by atoms with Gasteiger partial charge in [0.2, 0.25) is 5.91 Å². The molecule has 0 unspecified atom stereocenters. The maximum absolute atomic E-state index is 13.4. The smallest absolute Gasteiger partial charge is 0.255 e. The molecule has 30 heavy (non-hydrogen) atoms. The van der Waals surface area contributed by atoms with Crippen molar-refractivity contribution >= 4 is 22.7 Å². The standard InChI is InChI=1S/C25H27N3O2/c1-15(2)23(28-14-16-8-3-4-9-17(16)25(28)30)24(29)27-21-13-7-11-19-18-10-5-6-12-20(18)26-22(19)21/h3-6,8-10,12,15,21,23,26H,7,11,13-14H2,1-2H3,(H,27,29)/t21-,23-/m0/s1. The second-order valence-electron chi connectivity index (χ2n) is 8.80. The number of aromatic nitrogens is 1. The summed E-state index contributed by atoms with van der Waals surface area (Å²) in [5, 5.41) is 4.52. The minimum absolute atomic E-state index is 0.0223. The molecule has 0 bridgehead atoms. The van der Waals surface area contributed by atoms with Crippen LogP contribution >= 0.6 is 0 Å². The second kappa shape index (κ2) is 7.31. The number of nitrogens with one attached hydrogen (secondary N) is 2. The van der Waals surface area contributed by atoms with Gasteiger partial charge in [-0.2, -0.15) is 0 Å². The summed E-state index contributed by atoms with van der Waals surface area (Å²) in [6.45, 7) is 4.51. The van der Waals surface area contributed by atoms with E-state index in [1.807, 2.05) is 44.2 Å². The molecule has 2 N–H and O–H groups in total. The lowest BCUT2D eigenvalue weighted by Gasteiger charge is -2.32. The van der Waals surface area contributed by atoms with E-state index in [1.54, 1.807) is 4.90 Å². The fraction of sp³-hybridized carbons (Fsp3) is 0.360. The van der Waals surface area contributed by atoms with Gasteiger partial charge in [-0.3, -0.25) is 9.59 Å². The molecule has 5 rings (SSSR count). The molecule has 0 fully saturated rings. The molecule has 2 atom stereocenters. The zero-order valence-electron chi connectivity index (χ0n) is 17.4. The number of para-hydroxylation sites is 1. The van der Waals surface area contributed by atoms with Gasteiger partial charge in [-0.1, -0.05) is 50.2 Å². The van der Waals surface area contributed by atoms with Gasteiger partial charge in [-0.05, 0) is 48.4 Å². The molecule has 1 aromatic heterocycles. The molecule has 3 aromatic rings. The van der Waals surface area contributed by atoms with Gasteiger partial charge < -0.3 is 15.2 Å². The highest BCUT2D eigenvalue weighted by Gasteiger charge is 2.39. The zero-order chi connectivity index (χ0) is 20.8. The Morgan fingerprint density at radius 2 is 1.90 bits per heavy atom. The lowest BCUT2D eigenvalue weighted by Crippen LogP contribution is -2.51. The topological polar surface area (TPSA) is 65.2 Å². The van der Waals surface area contributed by atoms with Crippen LogP contribution in [0, 0.1) is 5.92 Å². The van der Waals surface area contributed by atoms with Gasteiger partial charge in [0, 0.05) is 28.7 Å². The number of carbonyl (C=O) groups is 2. The third-order valence-electron chi connectivity index (χ3n) is 6.52. The number of hydrogen-bond donors (Lipinski definition) is 2. The van der Waals surface area contributed by atoms with Gasteiger partial charge in [0.15, 0.2) is 0 Å². The summed E-state index contributed by atoms with van der Waals surface area (Å²) in [6, 6.07) is 15.4. The van der Waals surface area contributed by atoms with Gasteiger partial charge in [0.05, 0.1) is 6.04 Å². The van der Waals surface area contributed by atoms with E-state index in [0.29, 0.717) is 12.1 Å². The van der Waals surface area contributed by atoms with Crippen LogP contribution in [-0.4, -0.2) is 27.7 Å². The number of benzene rings is 2. The van der Waals surface area contributed by atoms with Crippen molar-refractivity contribution in [3.8, 4) is 0 Å². The SMILES string of the molecule is CC(C)[C@@H](C(=O)N[C@H]1CCCc2c1[nH]c1ccccc21)N1Cc2ccccc2C1=O.